The second kappa shape index (κ2) is 8.69. The predicted molar refractivity (Wildman–Crippen MR) is 113 cm³/mol. The Morgan fingerprint density at radius 2 is 2.00 bits per heavy atom. The van der Waals surface area contributed by atoms with Gasteiger partial charge in [-0.15, -0.1) is 10.2 Å². The number of nitrogens with one attached hydrogen (secondary N) is 1. The van der Waals surface area contributed by atoms with Crippen LogP contribution in [0.25, 0.3) is 0 Å². The molecular formula is C20H19FN4O4S2. The molecule has 0 radical (unpaired) electrons. The molecule has 8 nitrogen and oxygen atoms in total. The van der Waals surface area contributed by atoms with Gasteiger partial charge in [0.25, 0.3) is 5.91 Å². The van der Waals surface area contributed by atoms with Crippen LogP contribution < -0.4 is 10.1 Å². The van der Waals surface area contributed by atoms with Gasteiger partial charge in [0.15, 0.2) is 0 Å². The van der Waals surface area contributed by atoms with Crippen LogP contribution in [0, 0.1) is 5.82 Å². The molecule has 0 spiro atoms. The highest BCUT2D eigenvalue weighted by atomic mass is 32.2. The molecule has 1 fully saturated rings. The van der Waals surface area contributed by atoms with E-state index in [1.54, 1.807) is 18.2 Å². The van der Waals surface area contributed by atoms with Crippen molar-refractivity contribution in [2.24, 2.45) is 0 Å². The summed E-state index contributed by atoms with van der Waals surface area (Å²) in [5, 5.41) is 11.1. The number of halogens is 1. The summed E-state index contributed by atoms with van der Waals surface area (Å²) in [5.74, 6) is -0.437. The van der Waals surface area contributed by atoms with Gasteiger partial charge in [-0.2, -0.15) is 4.31 Å². The van der Waals surface area contributed by atoms with Crippen molar-refractivity contribution in [3.63, 3.8) is 0 Å². The van der Waals surface area contributed by atoms with Crippen molar-refractivity contribution in [1.29, 1.82) is 0 Å². The molecule has 3 aromatic rings. The Bertz CT molecular complexity index is 1200. The first-order valence-electron chi connectivity index (χ1n) is 9.45. The zero-order chi connectivity index (χ0) is 22.0. The molecule has 1 aliphatic rings. The summed E-state index contributed by atoms with van der Waals surface area (Å²) < 4.78 is 46.1. The number of carbonyl (C=O) groups is 1. The molecule has 4 rings (SSSR count). The summed E-state index contributed by atoms with van der Waals surface area (Å²) in [4.78, 5) is 12.6. The third-order valence-corrected chi connectivity index (χ3v) is 7.82. The van der Waals surface area contributed by atoms with Crippen LogP contribution in [-0.2, 0) is 10.0 Å². The van der Waals surface area contributed by atoms with Crippen molar-refractivity contribution in [3.8, 4) is 5.75 Å². The van der Waals surface area contributed by atoms with Gasteiger partial charge in [0, 0.05) is 12.2 Å². The van der Waals surface area contributed by atoms with Crippen LogP contribution in [0.4, 0.5) is 10.1 Å². The molecule has 162 valence electrons. The highest BCUT2D eigenvalue weighted by molar-refractivity contribution is 7.89. The number of anilines is 1. The molecule has 1 aliphatic heterocycles. The maximum Gasteiger partial charge on any atom is 0.286 e. The summed E-state index contributed by atoms with van der Waals surface area (Å²) in [6, 6.07) is 11.2. The van der Waals surface area contributed by atoms with Gasteiger partial charge in [0.2, 0.25) is 15.0 Å². The number of benzene rings is 2. The lowest BCUT2D eigenvalue weighted by molar-refractivity contribution is 0.102. The molecular weight excluding hydrogens is 443 g/mol. The summed E-state index contributed by atoms with van der Waals surface area (Å²) in [7, 11) is -2.24. The van der Waals surface area contributed by atoms with Gasteiger partial charge >= 0.3 is 0 Å². The van der Waals surface area contributed by atoms with Crippen molar-refractivity contribution < 1.29 is 22.3 Å². The fourth-order valence-electron chi connectivity index (χ4n) is 3.37. The minimum atomic E-state index is -3.75. The highest BCUT2D eigenvalue weighted by Crippen LogP contribution is 2.38. The van der Waals surface area contributed by atoms with Crippen molar-refractivity contribution in [2.45, 2.75) is 23.8 Å². The number of rotatable bonds is 6. The van der Waals surface area contributed by atoms with E-state index in [1.807, 2.05) is 0 Å². The first-order valence-corrected chi connectivity index (χ1v) is 11.7. The third kappa shape index (κ3) is 4.43. The smallest absolute Gasteiger partial charge is 0.286 e. The number of amides is 1. The monoisotopic (exact) mass is 462 g/mol. The van der Waals surface area contributed by atoms with Gasteiger partial charge in [-0.1, -0.05) is 17.4 Å². The molecule has 31 heavy (non-hydrogen) atoms. The fraction of sp³-hybridized carbons (Fsp3) is 0.250. The van der Waals surface area contributed by atoms with Crippen LogP contribution in [0.3, 0.4) is 0 Å². The van der Waals surface area contributed by atoms with Gasteiger partial charge in [0.1, 0.15) is 16.6 Å². The van der Waals surface area contributed by atoms with Crippen molar-refractivity contribution >= 4 is 33.0 Å². The second-order valence-electron chi connectivity index (χ2n) is 6.86. The van der Waals surface area contributed by atoms with E-state index in [4.69, 9.17) is 4.74 Å². The number of nitrogens with zero attached hydrogens (tertiary/aromatic N) is 3. The van der Waals surface area contributed by atoms with E-state index in [-0.39, 0.29) is 9.90 Å². The topological polar surface area (TPSA) is 101 Å². The van der Waals surface area contributed by atoms with Gasteiger partial charge in [-0.05, 0) is 55.3 Å². The summed E-state index contributed by atoms with van der Waals surface area (Å²) in [5.41, 5.74) is 0.298. The first kappa shape index (κ1) is 21.3. The number of sulfonamides is 1. The number of aromatic nitrogens is 2. The summed E-state index contributed by atoms with van der Waals surface area (Å²) in [6.07, 6.45) is 1.25. The zero-order valence-corrected chi connectivity index (χ0v) is 18.1. The Kier molecular flexibility index (Phi) is 5.99. The van der Waals surface area contributed by atoms with Crippen molar-refractivity contribution in [2.75, 3.05) is 19.0 Å². The minimum Gasteiger partial charge on any atom is -0.497 e. The van der Waals surface area contributed by atoms with E-state index < -0.39 is 27.8 Å². The molecule has 0 bridgehead atoms. The standard InChI is InChI=1S/C20H19FN4O4S2/c1-29-15-7-9-16(10-8-15)31(27,28)25-11-3-6-17(25)19-23-24-20(30-19)18(26)22-14-5-2-4-13(21)12-14/h2,4-5,7-10,12,17H,3,6,11H2,1H3,(H,22,26). The number of ether oxygens (including phenoxy) is 1. The zero-order valence-electron chi connectivity index (χ0n) is 16.5. The quantitative estimate of drug-likeness (QED) is 0.602. The third-order valence-electron chi connectivity index (χ3n) is 4.87. The van der Waals surface area contributed by atoms with Crippen molar-refractivity contribution in [1.82, 2.24) is 14.5 Å². The molecule has 1 unspecified atom stereocenters. The second-order valence-corrected chi connectivity index (χ2v) is 9.76. The molecule has 1 N–H and O–H groups in total. The minimum absolute atomic E-state index is 0.0768. The maximum absolute atomic E-state index is 13.3. The highest BCUT2D eigenvalue weighted by Gasteiger charge is 2.38. The summed E-state index contributed by atoms with van der Waals surface area (Å²) >= 11 is 1.03. The number of methoxy groups -OCH3 is 1. The van der Waals surface area contributed by atoms with Crippen LogP contribution in [-0.4, -0.2) is 42.5 Å². The SMILES string of the molecule is COc1ccc(S(=O)(=O)N2CCCC2c2nnc(C(=O)Nc3cccc(F)c3)s2)cc1. The lowest BCUT2D eigenvalue weighted by Gasteiger charge is -2.22. The molecule has 2 aromatic carbocycles. The van der Waals surface area contributed by atoms with Crippen LogP contribution in [0.15, 0.2) is 53.4 Å². The van der Waals surface area contributed by atoms with Gasteiger partial charge in [-0.3, -0.25) is 4.79 Å². The predicted octanol–water partition coefficient (Wildman–Crippen LogP) is 3.46. The Morgan fingerprint density at radius 3 is 2.71 bits per heavy atom. The molecule has 11 heteroatoms. The lowest BCUT2D eigenvalue weighted by atomic mass is 10.2. The molecule has 2 heterocycles. The van der Waals surface area contributed by atoms with E-state index >= 15 is 0 Å². The number of hydrogen-bond acceptors (Lipinski definition) is 7. The van der Waals surface area contributed by atoms with Gasteiger partial charge in [-0.25, -0.2) is 12.8 Å². The Balaban J connectivity index is 1.54. The van der Waals surface area contributed by atoms with Gasteiger partial charge < -0.3 is 10.1 Å². The van der Waals surface area contributed by atoms with E-state index in [2.05, 4.69) is 15.5 Å². The maximum atomic E-state index is 13.3. The van der Waals surface area contributed by atoms with E-state index in [1.165, 1.54) is 41.7 Å². The van der Waals surface area contributed by atoms with Crippen molar-refractivity contribution in [3.05, 3.63) is 64.4 Å². The number of carbonyl (C=O) groups excluding carboxylic acids is 1. The fourth-order valence-corrected chi connectivity index (χ4v) is 5.98. The molecule has 1 atom stereocenters. The van der Waals surface area contributed by atoms with Crippen LogP contribution >= 0.6 is 11.3 Å². The van der Waals surface area contributed by atoms with E-state index in [9.17, 15) is 17.6 Å². The molecule has 1 aromatic heterocycles. The number of hydrogen-bond donors (Lipinski definition) is 1. The normalized spacial score (nSPS) is 16.9. The average molecular weight is 463 g/mol. The van der Waals surface area contributed by atoms with E-state index in [0.29, 0.717) is 35.8 Å². The molecule has 1 amide bonds. The summed E-state index contributed by atoms with van der Waals surface area (Å²) in [6.45, 7) is 0.351. The van der Waals surface area contributed by atoms with E-state index in [0.717, 1.165) is 11.3 Å². The Morgan fingerprint density at radius 1 is 1.23 bits per heavy atom. The molecule has 0 saturated carbocycles. The van der Waals surface area contributed by atoms with Crippen LogP contribution in [0.5, 0.6) is 5.75 Å². The molecule has 1 saturated heterocycles. The Hall–Kier alpha value is -2.89. The largest absolute Gasteiger partial charge is 0.497 e. The molecule has 0 aliphatic carbocycles. The lowest BCUT2D eigenvalue weighted by Crippen LogP contribution is -2.30. The van der Waals surface area contributed by atoms with Crippen LogP contribution in [0.1, 0.15) is 33.7 Å². The van der Waals surface area contributed by atoms with Gasteiger partial charge in [0.05, 0.1) is 18.0 Å². The van der Waals surface area contributed by atoms with Crippen LogP contribution in [0.2, 0.25) is 0 Å². The average Bonchev–Trinajstić information content (AvgIpc) is 3.43. The Labute approximate surface area is 182 Å². The first-order chi connectivity index (χ1) is 14.9.